The first-order valence-corrected chi connectivity index (χ1v) is 10.8. The number of sulfonamides is 1. The number of primary sulfonamides is 1. The molecule has 1 aromatic carbocycles. The van der Waals surface area contributed by atoms with Crippen molar-refractivity contribution in [1.29, 1.82) is 0 Å². The molecule has 10 heteroatoms. The van der Waals surface area contributed by atoms with E-state index in [-0.39, 0.29) is 17.6 Å². The predicted octanol–water partition coefficient (Wildman–Crippen LogP) is 3.06. The van der Waals surface area contributed by atoms with Crippen LogP contribution in [0.5, 0.6) is 0 Å². The minimum atomic E-state index is -3.84. The number of nitrogens with one attached hydrogen (secondary N) is 2. The molecule has 2 aromatic rings. The van der Waals surface area contributed by atoms with E-state index in [0.29, 0.717) is 21.9 Å². The van der Waals surface area contributed by atoms with Gasteiger partial charge in [0, 0.05) is 11.9 Å². The largest absolute Gasteiger partial charge is 0.394 e. The van der Waals surface area contributed by atoms with E-state index in [1.165, 1.54) is 12.2 Å². The Labute approximate surface area is 178 Å². The summed E-state index contributed by atoms with van der Waals surface area (Å²) in [6.45, 7) is 5.04. The lowest BCUT2D eigenvalue weighted by Crippen LogP contribution is -2.16. The number of hydrogen-bond donors (Lipinski definition) is 4. The molecule has 0 radical (unpaired) electrons. The van der Waals surface area contributed by atoms with Gasteiger partial charge in [-0.05, 0) is 46.6 Å². The van der Waals surface area contributed by atoms with Gasteiger partial charge in [0.15, 0.2) is 0 Å². The Morgan fingerprint density at radius 1 is 1.34 bits per heavy atom. The second-order valence-corrected chi connectivity index (χ2v) is 8.39. The second kappa shape index (κ2) is 10.3. The van der Waals surface area contributed by atoms with Crippen LogP contribution in [-0.4, -0.2) is 30.1 Å². The number of nitrogens with zero attached hydrogens (tertiary/aromatic N) is 2. The van der Waals surface area contributed by atoms with E-state index in [1.54, 1.807) is 13.1 Å². The van der Waals surface area contributed by atoms with Crippen LogP contribution in [0.25, 0.3) is 0 Å². The summed E-state index contributed by atoms with van der Waals surface area (Å²) >= 11 is 3.40. The van der Waals surface area contributed by atoms with Gasteiger partial charge in [0.05, 0.1) is 22.0 Å². The number of allylic oxidation sites excluding steroid dienone is 4. The maximum absolute atomic E-state index is 11.4. The Morgan fingerprint density at radius 3 is 2.62 bits per heavy atom. The maximum atomic E-state index is 11.4. The van der Waals surface area contributed by atoms with E-state index in [9.17, 15) is 13.5 Å². The third-order valence-electron chi connectivity index (χ3n) is 3.78. The highest BCUT2D eigenvalue weighted by atomic mass is 79.9. The molecule has 1 atom stereocenters. The minimum absolute atomic E-state index is 0.105. The van der Waals surface area contributed by atoms with Gasteiger partial charge >= 0.3 is 0 Å². The topological polar surface area (TPSA) is 130 Å². The summed E-state index contributed by atoms with van der Waals surface area (Å²) in [6.07, 6.45) is 5.59. The van der Waals surface area contributed by atoms with E-state index >= 15 is 0 Å². The first-order valence-electron chi connectivity index (χ1n) is 8.50. The normalized spacial score (nSPS) is 13.7. The third-order valence-corrected chi connectivity index (χ3v) is 5.32. The zero-order chi connectivity index (χ0) is 21.4. The molecule has 0 aliphatic carbocycles. The molecule has 5 N–H and O–H groups in total. The van der Waals surface area contributed by atoms with Crippen molar-refractivity contribution in [2.45, 2.75) is 13.0 Å². The van der Waals surface area contributed by atoms with Gasteiger partial charge in [-0.25, -0.2) is 18.5 Å². The first kappa shape index (κ1) is 22.8. The van der Waals surface area contributed by atoms with Crippen LogP contribution >= 0.6 is 15.9 Å². The molecule has 29 heavy (non-hydrogen) atoms. The molecule has 1 heterocycles. The fraction of sp³-hybridized carbons (Fsp3) is 0.158. The van der Waals surface area contributed by atoms with Gasteiger partial charge in [0.2, 0.25) is 16.0 Å². The van der Waals surface area contributed by atoms with Crippen LogP contribution in [0.4, 0.5) is 11.8 Å². The Kier molecular flexibility index (Phi) is 8.09. The van der Waals surface area contributed by atoms with Gasteiger partial charge in [-0.3, -0.25) is 0 Å². The number of hydrogen-bond acceptors (Lipinski definition) is 7. The van der Waals surface area contributed by atoms with Crippen LogP contribution in [0.2, 0.25) is 0 Å². The Hall–Kier alpha value is -2.53. The van der Waals surface area contributed by atoms with Gasteiger partial charge in [-0.1, -0.05) is 36.9 Å². The maximum Gasteiger partial charge on any atom is 0.238 e. The van der Waals surface area contributed by atoms with Crippen LogP contribution in [0, 0.1) is 0 Å². The number of nitrogens with two attached hydrogens (primary N) is 1. The van der Waals surface area contributed by atoms with E-state index in [4.69, 9.17) is 5.14 Å². The summed E-state index contributed by atoms with van der Waals surface area (Å²) in [6, 6.07) is 9.15. The van der Waals surface area contributed by atoms with Crippen molar-refractivity contribution in [3.63, 3.8) is 0 Å². The molecule has 8 nitrogen and oxygen atoms in total. The number of aromatic nitrogens is 2. The quantitative estimate of drug-likeness (QED) is 0.406. The van der Waals surface area contributed by atoms with Gasteiger partial charge in [-0.15, -0.1) is 0 Å². The summed E-state index contributed by atoms with van der Waals surface area (Å²) in [5.74, 6) is 0.781. The fourth-order valence-corrected chi connectivity index (χ4v) is 3.11. The molecule has 0 aliphatic rings. The molecule has 0 aliphatic heterocycles. The number of halogens is 1. The molecule has 0 saturated carbocycles. The van der Waals surface area contributed by atoms with Crippen molar-refractivity contribution in [1.82, 2.24) is 9.97 Å². The van der Waals surface area contributed by atoms with Crippen molar-refractivity contribution in [2.24, 2.45) is 5.14 Å². The summed E-state index contributed by atoms with van der Waals surface area (Å²) in [7, 11) is -3.84. The molecule has 2 rings (SSSR count). The summed E-state index contributed by atoms with van der Waals surface area (Å²) < 4.78 is 23.4. The van der Waals surface area contributed by atoms with Crippen LogP contribution in [0.3, 0.4) is 0 Å². The van der Waals surface area contributed by atoms with Crippen molar-refractivity contribution >= 4 is 37.7 Å². The van der Waals surface area contributed by atoms with Crippen molar-refractivity contribution in [3.8, 4) is 0 Å². The number of aliphatic hydroxyl groups is 1. The smallest absolute Gasteiger partial charge is 0.238 e. The molecule has 154 valence electrons. The predicted molar refractivity (Wildman–Crippen MR) is 118 cm³/mol. The molecular weight excluding hydrogens is 458 g/mol. The zero-order valence-electron chi connectivity index (χ0n) is 15.7. The first-order chi connectivity index (χ1) is 13.7. The lowest BCUT2D eigenvalue weighted by molar-refractivity contribution is 0.276. The molecule has 0 saturated heterocycles. The van der Waals surface area contributed by atoms with Gasteiger partial charge in [0.25, 0.3) is 0 Å². The van der Waals surface area contributed by atoms with Crippen LogP contribution in [0.15, 0.2) is 76.4 Å². The highest BCUT2D eigenvalue weighted by molar-refractivity contribution is 9.10. The summed E-state index contributed by atoms with van der Waals surface area (Å²) in [5.41, 5.74) is 1.50. The monoisotopic (exact) mass is 479 g/mol. The zero-order valence-corrected chi connectivity index (χ0v) is 18.1. The highest BCUT2D eigenvalue weighted by Gasteiger charge is 2.14. The number of rotatable bonds is 9. The van der Waals surface area contributed by atoms with Gasteiger partial charge in [0.1, 0.15) is 5.82 Å². The van der Waals surface area contributed by atoms with E-state index in [2.05, 4.69) is 43.1 Å². The molecule has 1 aromatic heterocycles. The van der Waals surface area contributed by atoms with E-state index in [0.717, 1.165) is 11.6 Å². The Bertz CT molecular complexity index is 1020. The Morgan fingerprint density at radius 2 is 2.03 bits per heavy atom. The summed E-state index contributed by atoms with van der Waals surface area (Å²) in [5, 5.41) is 21.0. The summed E-state index contributed by atoms with van der Waals surface area (Å²) in [4.78, 5) is 8.48. The SMILES string of the molecule is C=C/C(=C\C=C(/C)Nc1ncc(Br)c(N[C@@H](CO)c2ccccc2)n1)S(N)(=O)=O. The molecule has 0 spiro atoms. The van der Waals surface area contributed by atoms with Crippen molar-refractivity contribution in [3.05, 3.63) is 82.0 Å². The average Bonchev–Trinajstić information content (AvgIpc) is 2.68. The van der Waals surface area contributed by atoms with E-state index in [1.807, 2.05) is 30.3 Å². The molecule has 0 unspecified atom stereocenters. The number of benzene rings is 1. The van der Waals surface area contributed by atoms with E-state index < -0.39 is 10.0 Å². The van der Waals surface area contributed by atoms with Gasteiger partial charge in [-0.2, -0.15) is 4.98 Å². The lowest BCUT2D eigenvalue weighted by atomic mass is 10.1. The minimum Gasteiger partial charge on any atom is -0.394 e. The van der Waals surface area contributed by atoms with Crippen LogP contribution in [0.1, 0.15) is 18.5 Å². The number of anilines is 2. The van der Waals surface area contributed by atoms with Crippen molar-refractivity contribution < 1.29 is 13.5 Å². The third kappa shape index (κ3) is 6.79. The molecule has 0 fully saturated rings. The second-order valence-electron chi connectivity index (χ2n) is 5.97. The standard InChI is InChI=1S/C19H22BrN5O3S/c1-3-15(29(21,27)28)10-9-13(2)23-19-22-11-16(20)18(25-19)24-17(12-26)14-7-5-4-6-8-14/h3-11,17,26H,1,12H2,2H3,(H2,21,27,28)(H2,22,23,24,25)/b13-9+,15-10+/t17-/m0/s1. The van der Waals surface area contributed by atoms with Crippen molar-refractivity contribution in [2.75, 3.05) is 17.2 Å². The highest BCUT2D eigenvalue weighted by Crippen LogP contribution is 2.25. The lowest BCUT2D eigenvalue weighted by Gasteiger charge is -2.18. The van der Waals surface area contributed by atoms with Gasteiger partial charge < -0.3 is 15.7 Å². The number of aliphatic hydroxyl groups excluding tert-OH is 1. The average molecular weight is 480 g/mol. The molecular formula is C19H22BrN5O3S. The Balaban J connectivity index is 2.21. The molecule has 0 amide bonds. The van der Waals surface area contributed by atoms with Crippen LogP contribution in [-0.2, 0) is 10.0 Å². The van der Waals surface area contributed by atoms with Crippen LogP contribution < -0.4 is 15.8 Å². The molecule has 0 bridgehead atoms. The fourth-order valence-electron chi connectivity index (χ4n) is 2.32.